The van der Waals surface area contributed by atoms with Gasteiger partial charge in [-0.3, -0.25) is 4.68 Å². The van der Waals surface area contributed by atoms with Gasteiger partial charge in [0.05, 0.1) is 12.3 Å². The zero-order valence-corrected chi connectivity index (χ0v) is 10.6. The van der Waals surface area contributed by atoms with E-state index in [-0.39, 0.29) is 6.61 Å². The minimum absolute atomic E-state index is 0.272. The van der Waals surface area contributed by atoms with Gasteiger partial charge >= 0.3 is 0 Å². The Morgan fingerprint density at radius 1 is 1.39 bits per heavy atom. The van der Waals surface area contributed by atoms with Gasteiger partial charge in [0.25, 0.3) is 0 Å². The molecular weight excluding hydrogens is 235 g/mol. The third-order valence-corrected chi connectivity index (χ3v) is 2.85. The predicted molar refractivity (Wildman–Crippen MR) is 65.1 cm³/mol. The highest BCUT2D eigenvalue weighted by molar-refractivity contribution is 5.41. The molecule has 0 fully saturated rings. The van der Waals surface area contributed by atoms with Crippen molar-refractivity contribution in [2.75, 3.05) is 0 Å². The van der Waals surface area contributed by atoms with Crippen molar-refractivity contribution in [2.24, 2.45) is 7.05 Å². The van der Waals surface area contributed by atoms with Crippen molar-refractivity contribution in [3.63, 3.8) is 0 Å². The molecule has 0 amide bonds. The Bertz CT molecular complexity index is 579. The molecule has 0 saturated heterocycles. The zero-order valence-electron chi connectivity index (χ0n) is 10.6. The lowest BCUT2D eigenvalue weighted by molar-refractivity contribution is 0.275. The largest absolute Gasteiger partial charge is 0.453 e. The van der Waals surface area contributed by atoms with Gasteiger partial charge < -0.3 is 9.84 Å². The number of benzene rings is 1. The van der Waals surface area contributed by atoms with Crippen LogP contribution < -0.4 is 4.74 Å². The molecule has 1 N–H and O–H groups in total. The van der Waals surface area contributed by atoms with Crippen LogP contribution in [-0.4, -0.2) is 14.9 Å². The molecular formula is C13H15FN2O2. The Morgan fingerprint density at radius 2 is 2.11 bits per heavy atom. The molecule has 96 valence electrons. The molecule has 5 heteroatoms. The van der Waals surface area contributed by atoms with Gasteiger partial charge in [0.1, 0.15) is 17.3 Å². The Hall–Kier alpha value is -1.88. The third kappa shape index (κ3) is 2.22. The van der Waals surface area contributed by atoms with E-state index in [1.165, 1.54) is 18.2 Å². The Kier molecular flexibility index (Phi) is 3.34. The van der Waals surface area contributed by atoms with Crippen LogP contribution in [0.5, 0.6) is 11.5 Å². The van der Waals surface area contributed by atoms with Crippen LogP contribution in [0.3, 0.4) is 0 Å². The molecule has 0 spiro atoms. The minimum atomic E-state index is -0.397. The number of hydrogen-bond acceptors (Lipinski definition) is 3. The highest BCUT2D eigenvalue weighted by atomic mass is 19.1. The molecule has 0 unspecified atom stereocenters. The molecule has 4 nitrogen and oxygen atoms in total. The Balaban J connectivity index is 2.39. The van der Waals surface area contributed by atoms with Crippen LogP contribution in [0.1, 0.15) is 17.0 Å². The van der Waals surface area contributed by atoms with Gasteiger partial charge in [-0.2, -0.15) is 5.10 Å². The van der Waals surface area contributed by atoms with E-state index in [2.05, 4.69) is 5.10 Å². The summed E-state index contributed by atoms with van der Waals surface area (Å²) < 4.78 is 20.5. The molecule has 0 aliphatic carbocycles. The van der Waals surface area contributed by atoms with Gasteiger partial charge in [-0.15, -0.1) is 0 Å². The molecule has 18 heavy (non-hydrogen) atoms. The first-order valence-electron chi connectivity index (χ1n) is 5.60. The number of aliphatic hydroxyl groups excluding tert-OH is 1. The number of nitrogens with zero attached hydrogens (tertiary/aromatic N) is 2. The molecule has 1 aromatic carbocycles. The summed E-state index contributed by atoms with van der Waals surface area (Å²) in [6.07, 6.45) is 0. The van der Waals surface area contributed by atoms with Crippen molar-refractivity contribution in [3.8, 4) is 11.5 Å². The van der Waals surface area contributed by atoms with Crippen LogP contribution >= 0.6 is 0 Å². The summed E-state index contributed by atoms with van der Waals surface area (Å²) in [4.78, 5) is 0. The summed E-state index contributed by atoms with van der Waals surface area (Å²) in [6, 6.07) is 4.07. The van der Waals surface area contributed by atoms with Crippen LogP contribution in [0.25, 0.3) is 0 Å². The van der Waals surface area contributed by atoms with Gasteiger partial charge in [-0.05, 0) is 32.0 Å². The molecule has 1 heterocycles. The molecule has 0 radical (unpaired) electrons. The Labute approximate surface area is 105 Å². The molecule has 1 aromatic heterocycles. The number of aryl methyl sites for hydroxylation is 2. The molecule has 0 aliphatic rings. The monoisotopic (exact) mass is 250 g/mol. The molecule has 2 rings (SSSR count). The zero-order chi connectivity index (χ0) is 13.3. The first-order chi connectivity index (χ1) is 8.52. The number of aromatic nitrogens is 2. The highest BCUT2D eigenvalue weighted by Gasteiger charge is 2.13. The normalized spacial score (nSPS) is 10.7. The second-order valence-corrected chi connectivity index (χ2v) is 4.14. The topological polar surface area (TPSA) is 47.3 Å². The van der Waals surface area contributed by atoms with Crippen LogP contribution in [0.15, 0.2) is 18.2 Å². The van der Waals surface area contributed by atoms with E-state index < -0.39 is 5.82 Å². The van der Waals surface area contributed by atoms with E-state index in [1.807, 2.05) is 20.9 Å². The molecule has 0 bridgehead atoms. The molecule has 0 atom stereocenters. The van der Waals surface area contributed by atoms with Crippen LogP contribution in [0.4, 0.5) is 4.39 Å². The Morgan fingerprint density at radius 3 is 2.67 bits per heavy atom. The number of hydrogen-bond donors (Lipinski definition) is 1. The summed E-state index contributed by atoms with van der Waals surface area (Å²) in [6.45, 7) is 3.45. The van der Waals surface area contributed by atoms with E-state index in [1.54, 1.807) is 4.68 Å². The van der Waals surface area contributed by atoms with Gasteiger partial charge in [0, 0.05) is 12.6 Å². The second-order valence-electron chi connectivity index (χ2n) is 4.14. The van der Waals surface area contributed by atoms with E-state index in [4.69, 9.17) is 4.74 Å². The number of rotatable bonds is 3. The smallest absolute Gasteiger partial charge is 0.171 e. The lowest BCUT2D eigenvalue weighted by atomic mass is 10.2. The number of aliphatic hydroxyl groups is 1. The minimum Gasteiger partial charge on any atom is -0.453 e. The number of ether oxygens (including phenoxy) is 1. The van der Waals surface area contributed by atoms with Crippen molar-refractivity contribution in [3.05, 3.63) is 41.0 Å². The van der Waals surface area contributed by atoms with Crippen molar-refractivity contribution >= 4 is 0 Å². The van der Waals surface area contributed by atoms with Gasteiger partial charge in [-0.1, -0.05) is 0 Å². The number of halogens is 1. The SMILES string of the molecule is Cc1nn(C)c(C)c1Oc1ccc(F)cc1CO. The van der Waals surface area contributed by atoms with Crippen molar-refractivity contribution in [1.82, 2.24) is 9.78 Å². The van der Waals surface area contributed by atoms with Gasteiger partial charge in [0.15, 0.2) is 5.75 Å². The highest BCUT2D eigenvalue weighted by Crippen LogP contribution is 2.30. The average Bonchev–Trinajstić information content (AvgIpc) is 2.58. The maximum absolute atomic E-state index is 13.1. The first kappa shape index (κ1) is 12.6. The molecule has 0 aliphatic heterocycles. The van der Waals surface area contributed by atoms with E-state index in [0.29, 0.717) is 17.1 Å². The summed E-state index contributed by atoms with van der Waals surface area (Å²) in [7, 11) is 1.83. The predicted octanol–water partition coefficient (Wildman–Crippen LogP) is 2.46. The van der Waals surface area contributed by atoms with Crippen molar-refractivity contribution in [1.29, 1.82) is 0 Å². The van der Waals surface area contributed by atoms with E-state index in [9.17, 15) is 9.50 Å². The summed E-state index contributed by atoms with van der Waals surface area (Å²) in [5, 5.41) is 13.4. The lowest BCUT2D eigenvalue weighted by Crippen LogP contribution is -1.95. The van der Waals surface area contributed by atoms with E-state index >= 15 is 0 Å². The standard InChI is InChI=1S/C13H15FN2O2/c1-8-13(9(2)16(3)15-8)18-12-5-4-11(14)6-10(12)7-17/h4-6,17H,7H2,1-3H3. The average molecular weight is 250 g/mol. The fraction of sp³-hybridized carbons (Fsp3) is 0.308. The first-order valence-corrected chi connectivity index (χ1v) is 5.60. The second kappa shape index (κ2) is 4.78. The summed E-state index contributed by atoms with van der Waals surface area (Å²) in [5.41, 5.74) is 2.04. The maximum atomic E-state index is 13.1. The van der Waals surface area contributed by atoms with Crippen LogP contribution in [-0.2, 0) is 13.7 Å². The molecule has 2 aromatic rings. The maximum Gasteiger partial charge on any atom is 0.171 e. The van der Waals surface area contributed by atoms with Gasteiger partial charge in [0.2, 0.25) is 0 Å². The fourth-order valence-electron chi connectivity index (χ4n) is 1.78. The van der Waals surface area contributed by atoms with Crippen molar-refractivity contribution in [2.45, 2.75) is 20.5 Å². The van der Waals surface area contributed by atoms with Crippen molar-refractivity contribution < 1.29 is 14.2 Å². The summed E-state index contributed by atoms with van der Waals surface area (Å²) in [5.74, 6) is 0.683. The molecule has 0 saturated carbocycles. The quantitative estimate of drug-likeness (QED) is 0.910. The third-order valence-electron chi connectivity index (χ3n) is 2.85. The van der Waals surface area contributed by atoms with E-state index in [0.717, 1.165) is 11.4 Å². The summed E-state index contributed by atoms with van der Waals surface area (Å²) >= 11 is 0. The van der Waals surface area contributed by atoms with Crippen LogP contribution in [0, 0.1) is 19.7 Å². The van der Waals surface area contributed by atoms with Crippen LogP contribution in [0.2, 0.25) is 0 Å². The fourth-order valence-corrected chi connectivity index (χ4v) is 1.78. The lowest BCUT2D eigenvalue weighted by Gasteiger charge is -2.10. The van der Waals surface area contributed by atoms with Gasteiger partial charge in [-0.25, -0.2) is 4.39 Å².